The molecule has 0 atom stereocenters. The lowest BCUT2D eigenvalue weighted by Gasteiger charge is -2.39. The van der Waals surface area contributed by atoms with Crippen LogP contribution in [-0.4, -0.2) is 53.0 Å². The van der Waals surface area contributed by atoms with E-state index in [9.17, 15) is 9.59 Å². The van der Waals surface area contributed by atoms with Gasteiger partial charge in [0.05, 0.1) is 7.11 Å². The van der Waals surface area contributed by atoms with Crippen molar-refractivity contribution in [3.05, 3.63) is 17.5 Å². The van der Waals surface area contributed by atoms with Crippen molar-refractivity contribution in [1.82, 2.24) is 15.1 Å². The number of hydrogen-bond donors (Lipinski definition) is 1. The number of hydrogen-bond acceptors (Lipinski definition) is 5. The van der Waals surface area contributed by atoms with Gasteiger partial charge in [-0.25, -0.2) is 9.59 Å². The highest BCUT2D eigenvalue weighted by atomic mass is 16.6. The van der Waals surface area contributed by atoms with Gasteiger partial charge < -0.3 is 14.4 Å². The van der Waals surface area contributed by atoms with Gasteiger partial charge in [-0.15, -0.1) is 0 Å². The topological polar surface area (TPSA) is 84.5 Å². The van der Waals surface area contributed by atoms with Crippen LogP contribution in [0.25, 0.3) is 0 Å². The third-order valence-electron chi connectivity index (χ3n) is 2.97. The fourth-order valence-corrected chi connectivity index (χ4v) is 1.91. The maximum atomic E-state index is 11.8. The summed E-state index contributed by atoms with van der Waals surface area (Å²) in [6, 6.07) is 1.66. The molecule has 1 aromatic heterocycles. The first-order chi connectivity index (χ1) is 9.30. The Balaban J connectivity index is 1.89. The second kappa shape index (κ2) is 5.15. The summed E-state index contributed by atoms with van der Waals surface area (Å²) >= 11 is 0. The monoisotopic (exact) mass is 281 g/mol. The summed E-state index contributed by atoms with van der Waals surface area (Å²) in [6.45, 7) is 6.61. The summed E-state index contributed by atoms with van der Waals surface area (Å²) in [5.74, 6) is -0.329. The summed E-state index contributed by atoms with van der Waals surface area (Å²) in [6.07, 6.45) is -0.318. The van der Waals surface area contributed by atoms with Crippen molar-refractivity contribution in [1.29, 1.82) is 0 Å². The van der Waals surface area contributed by atoms with Crippen molar-refractivity contribution in [3.63, 3.8) is 0 Å². The van der Waals surface area contributed by atoms with Gasteiger partial charge >= 0.3 is 12.1 Å². The molecular weight excluding hydrogens is 262 g/mol. The van der Waals surface area contributed by atoms with E-state index in [1.807, 2.05) is 20.8 Å². The Kier molecular flexibility index (Phi) is 3.69. The lowest BCUT2D eigenvalue weighted by Crippen LogP contribution is -2.50. The number of H-pyrrole nitrogens is 1. The minimum Gasteiger partial charge on any atom is -0.464 e. The molecular formula is C13H19N3O4. The quantitative estimate of drug-likeness (QED) is 0.831. The number of carbonyl (C=O) groups excluding carboxylic acids is 2. The summed E-state index contributed by atoms with van der Waals surface area (Å²) < 4.78 is 9.86. The Morgan fingerprint density at radius 1 is 1.40 bits per heavy atom. The van der Waals surface area contributed by atoms with Gasteiger partial charge in [-0.2, -0.15) is 5.10 Å². The van der Waals surface area contributed by atoms with Crippen LogP contribution in [0.4, 0.5) is 4.79 Å². The van der Waals surface area contributed by atoms with Crippen molar-refractivity contribution < 1.29 is 19.1 Å². The largest absolute Gasteiger partial charge is 0.464 e. The zero-order chi connectivity index (χ0) is 14.9. The lowest BCUT2D eigenvalue weighted by atomic mass is 9.97. The van der Waals surface area contributed by atoms with Gasteiger partial charge in [-0.05, 0) is 26.8 Å². The van der Waals surface area contributed by atoms with E-state index in [0.717, 1.165) is 5.69 Å². The lowest BCUT2D eigenvalue weighted by molar-refractivity contribution is 0.00784. The second-order valence-electron chi connectivity index (χ2n) is 5.78. The van der Waals surface area contributed by atoms with Crippen LogP contribution >= 0.6 is 0 Å². The molecule has 1 saturated heterocycles. The van der Waals surface area contributed by atoms with E-state index in [1.54, 1.807) is 11.0 Å². The van der Waals surface area contributed by atoms with Crippen LogP contribution in [0.2, 0.25) is 0 Å². The van der Waals surface area contributed by atoms with Gasteiger partial charge in [0.25, 0.3) is 0 Å². The molecule has 1 aliphatic rings. The maximum absolute atomic E-state index is 11.8. The van der Waals surface area contributed by atoms with Gasteiger partial charge in [0.2, 0.25) is 0 Å². The zero-order valence-corrected chi connectivity index (χ0v) is 12.1. The van der Waals surface area contributed by atoms with Gasteiger partial charge in [-0.1, -0.05) is 0 Å². The highest BCUT2D eigenvalue weighted by Gasteiger charge is 2.35. The number of nitrogens with one attached hydrogen (secondary N) is 1. The average molecular weight is 281 g/mol. The number of carbonyl (C=O) groups is 2. The minimum atomic E-state index is -0.492. The molecule has 7 heteroatoms. The van der Waals surface area contributed by atoms with E-state index < -0.39 is 11.6 Å². The number of rotatable bonds is 2. The molecule has 0 saturated carbocycles. The van der Waals surface area contributed by atoms with Crippen molar-refractivity contribution >= 4 is 12.1 Å². The SMILES string of the molecule is COC(=O)c1cc(C2CN(C(=O)OC(C)(C)C)C2)[nH]n1. The Hall–Kier alpha value is -2.05. The number of amides is 1. The smallest absolute Gasteiger partial charge is 0.410 e. The van der Waals surface area contributed by atoms with Gasteiger partial charge in [0.15, 0.2) is 5.69 Å². The molecule has 1 aliphatic heterocycles. The molecule has 110 valence electrons. The van der Waals surface area contributed by atoms with Gasteiger partial charge in [-0.3, -0.25) is 5.10 Å². The van der Waals surface area contributed by atoms with E-state index in [4.69, 9.17) is 4.74 Å². The number of aromatic amines is 1. The molecule has 2 rings (SSSR count). The van der Waals surface area contributed by atoms with Crippen LogP contribution in [0.5, 0.6) is 0 Å². The van der Waals surface area contributed by atoms with Crippen LogP contribution < -0.4 is 0 Å². The Labute approximate surface area is 117 Å². The number of methoxy groups -OCH3 is 1. The normalized spacial score (nSPS) is 15.7. The molecule has 1 aromatic rings. The number of aromatic nitrogens is 2. The minimum absolute atomic E-state index is 0.147. The van der Waals surface area contributed by atoms with E-state index in [1.165, 1.54) is 7.11 Å². The summed E-state index contributed by atoms with van der Waals surface area (Å²) in [4.78, 5) is 24.7. The molecule has 0 radical (unpaired) electrons. The van der Waals surface area contributed by atoms with Crippen LogP contribution in [-0.2, 0) is 9.47 Å². The van der Waals surface area contributed by atoms with Gasteiger partial charge in [0, 0.05) is 24.7 Å². The molecule has 0 spiro atoms. The number of esters is 1. The number of likely N-dealkylation sites (tertiary alicyclic amines) is 1. The molecule has 7 nitrogen and oxygen atoms in total. The maximum Gasteiger partial charge on any atom is 0.410 e. The first-order valence-electron chi connectivity index (χ1n) is 6.41. The van der Waals surface area contributed by atoms with Crippen molar-refractivity contribution in [3.8, 4) is 0 Å². The molecule has 2 heterocycles. The van der Waals surface area contributed by atoms with Crippen molar-refractivity contribution in [2.24, 2.45) is 0 Å². The predicted octanol–water partition coefficient (Wildman–Crippen LogP) is 1.53. The molecule has 1 amide bonds. The highest BCUT2D eigenvalue weighted by molar-refractivity contribution is 5.87. The molecule has 0 aliphatic carbocycles. The average Bonchev–Trinajstić information content (AvgIpc) is 2.72. The summed E-state index contributed by atoms with van der Waals surface area (Å²) in [5, 5.41) is 6.69. The molecule has 0 bridgehead atoms. The van der Waals surface area contributed by atoms with Crippen LogP contribution in [0, 0.1) is 0 Å². The van der Waals surface area contributed by atoms with E-state index in [-0.39, 0.29) is 17.7 Å². The third-order valence-corrected chi connectivity index (χ3v) is 2.97. The van der Waals surface area contributed by atoms with Crippen molar-refractivity contribution in [2.45, 2.75) is 32.3 Å². The van der Waals surface area contributed by atoms with Crippen LogP contribution in [0.1, 0.15) is 42.9 Å². The standard InChI is InChI=1S/C13H19N3O4/c1-13(2,3)20-12(18)16-6-8(7-16)9-5-10(15-14-9)11(17)19-4/h5,8H,6-7H2,1-4H3,(H,14,15). The molecule has 1 N–H and O–H groups in total. The first kappa shape index (κ1) is 14.4. The molecule has 0 aromatic carbocycles. The first-order valence-corrected chi connectivity index (χ1v) is 6.41. The van der Waals surface area contributed by atoms with Gasteiger partial charge in [0.1, 0.15) is 5.60 Å². The third kappa shape index (κ3) is 3.09. The molecule has 1 fully saturated rings. The van der Waals surface area contributed by atoms with E-state index in [2.05, 4.69) is 14.9 Å². The molecule has 20 heavy (non-hydrogen) atoms. The van der Waals surface area contributed by atoms with Crippen molar-refractivity contribution in [2.75, 3.05) is 20.2 Å². The highest BCUT2D eigenvalue weighted by Crippen LogP contribution is 2.27. The zero-order valence-electron chi connectivity index (χ0n) is 12.1. The Bertz CT molecular complexity index is 512. The van der Waals surface area contributed by atoms with E-state index >= 15 is 0 Å². The summed E-state index contributed by atoms with van der Waals surface area (Å²) in [7, 11) is 1.31. The van der Waals surface area contributed by atoms with Crippen LogP contribution in [0.15, 0.2) is 6.07 Å². The Morgan fingerprint density at radius 2 is 2.05 bits per heavy atom. The summed E-state index contributed by atoms with van der Waals surface area (Å²) in [5.41, 5.74) is 0.581. The Morgan fingerprint density at radius 3 is 2.60 bits per heavy atom. The second-order valence-corrected chi connectivity index (χ2v) is 5.78. The van der Waals surface area contributed by atoms with Crippen LogP contribution in [0.3, 0.4) is 0 Å². The van der Waals surface area contributed by atoms with E-state index in [0.29, 0.717) is 13.1 Å². The number of ether oxygens (including phenoxy) is 2. The number of nitrogens with zero attached hydrogens (tertiary/aromatic N) is 2. The fourth-order valence-electron chi connectivity index (χ4n) is 1.91. The molecule has 0 unspecified atom stereocenters. The fraction of sp³-hybridized carbons (Fsp3) is 0.615. The predicted molar refractivity (Wildman–Crippen MR) is 70.5 cm³/mol.